The second-order valence-corrected chi connectivity index (χ2v) is 7.62. The summed E-state index contributed by atoms with van der Waals surface area (Å²) in [5, 5.41) is 8.67. The average molecular weight is 384 g/mol. The third kappa shape index (κ3) is 3.58. The number of hydrogen-bond acceptors (Lipinski definition) is 5. The van der Waals surface area contributed by atoms with Crippen LogP contribution in [0.1, 0.15) is 19.3 Å². The molecule has 1 atom stereocenters. The number of methoxy groups -OCH3 is 1. The molecule has 2 fully saturated rings. The Morgan fingerprint density at radius 1 is 1.11 bits per heavy atom. The van der Waals surface area contributed by atoms with Gasteiger partial charge in [0.15, 0.2) is 5.82 Å². The molecule has 148 valence electrons. The summed E-state index contributed by atoms with van der Waals surface area (Å²) in [4.78, 5) is 17.2. The van der Waals surface area contributed by atoms with Crippen molar-refractivity contribution >= 4 is 11.7 Å². The maximum Gasteiger partial charge on any atom is 0.230 e. The molecule has 1 aromatic carbocycles. The van der Waals surface area contributed by atoms with Gasteiger partial charge < -0.3 is 14.5 Å². The van der Waals surface area contributed by atoms with Crippen LogP contribution in [0.3, 0.4) is 0 Å². The summed E-state index contributed by atoms with van der Waals surface area (Å²) in [7, 11) is 1.66. The summed E-state index contributed by atoms with van der Waals surface area (Å²) in [6.45, 7) is 3.52. The number of likely N-dealkylation sites (tertiary alicyclic amines) is 1. The molecule has 28 heavy (non-hydrogen) atoms. The molecule has 7 heteroatoms. The number of halogens is 1. The zero-order valence-corrected chi connectivity index (χ0v) is 16.1. The van der Waals surface area contributed by atoms with Gasteiger partial charge >= 0.3 is 0 Å². The molecule has 1 unspecified atom stereocenters. The quantitative estimate of drug-likeness (QED) is 0.793. The van der Waals surface area contributed by atoms with Crippen LogP contribution in [0.5, 0.6) is 0 Å². The lowest BCUT2D eigenvalue weighted by Crippen LogP contribution is -2.51. The zero-order chi connectivity index (χ0) is 19.6. The normalized spacial score (nSPS) is 22.3. The minimum atomic E-state index is -0.316. The number of nitrogens with zero attached hydrogens (tertiary/aromatic N) is 4. The summed E-state index contributed by atoms with van der Waals surface area (Å²) in [6, 6.07) is 10.0. The Morgan fingerprint density at radius 3 is 2.64 bits per heavy atom. The minimum Gasteiger partial charge on any atom is -0.383 e. The minimum absolute atomic E-state index is 0.245. The van der Waals surface area contributed by atoms with E-state index in [2.05, 4.69) is 15.1 Å². The lowest BCUT2D eigenvalue weighted by Gasteiger charge is -2.39. The fourth-order valence-electron chi connectivity index (χ4n) is 4.28. The van der Waals surface area contributed by atoms with Gasteiger partial charge in [-0.1, -0.05) is 0 Å². The summed E-state index contributed by atoms with van der Waals surface area (Å²) in [5.74, 6) is 0.756. The van der Waals surface area contributed by atoms with Crippen LogP contribution in [-0.2, 0) is 9.53 Å². The Morgan fingerprint density at radius 2 is 1.93 bits per heavy atom. The molecule has 1 aromatic heterocycles. The second kappa shape index (κ2) is 7.83. The summed E-state index contributed by atoms with van der Waals surface area (Å²) in [5.41, 5.74) is 1.22. The van der Waals surface area contributed by atoms with Crippen LogP contribution >= 0.6 is 0 Å². The molecule has 0 bridgehead atoms. The molecule has 3 heterocycles. The van der Waals surface area contributed by atoms with Gasteiger partial charge in [0.2, 0.25) is 5.91 Å². The van der Waals surface area contributed by atoms with Crippen molar-refractivity contribution in [3.05, 3.63) is 42.2 Å². The predicted molar refractivity (Wildman–Crippen MR) is 104 cm³/mol. The van der Waals surface area contributed by atoms with Crippen molar-refractivity contribution in [2.24, 2.45) is 5.41 Å². The summed E-state index contributed by atoms with van der Waals surface area (Å²) < 4.78 is 18.2. The highest BCUT2D eigenvalue weighted by Crippen LogP contribution is 2.41. The SMILES string of the molecule is COCCN1CCCC2(CCN(c3ccc(-c4ccc(F)cc4)nn3)C2)C1=O. The first-order chi connectivity index (χ1) is 13.6. The van der Waals surface area contributed by atoms with E-state index in [1.807, 2.05) is 17.0 Å². The molecular formula is C21H25FN4O2. The second-order valence-electron chi connectivity index (χ2n) is 7.62. The first-order valence-electron chi connectivity index (χ1n) is 9.74. The van der Waals surface area contributed by atoms with Gasteiger partial charge in [0.1, 0.15) is 5.82 Å². The van der Waals surface area contributed by atoms with Crippen molar-refractivity contribution in [3.63, 3.8) is 0 Å². The first-order valence-corrected chi connectivity index (χ1v) is 9.74. The molecule has 1 amide bonds. The number of hydrogen-bond donors (Lipinski definition) is 0. The number of carbonyl (C=O) groups is 1. The van der Waals surface area contributed by atoms with E-state index >= 15 is 0 Å². The lowest BCUT2D eigenvalue weighted by molar-refractivity contribution is -0.145. The Bertz CT molecular complexity index is 827. The number of ether oxygens (including phenoxy) is 1. The molecule has 2 aromatic rings. The van der Waals surface area contributed by atoms with Gasteiger partial charge in [-0.05, 0) is 55.7 Å². The topological polar surface area (TPSA) is 58.6 Å². The summed E-state index contributed by atoms with van der Waals surface area (Å²) >= 11 is 0. The van der Waals surface area contributed by atoms with Crippen molar-refractivity contribution in [1.82, 2.24) is 15.1 Å². The molecule has 2 aliphatic rings. The number of rotatable bonds is 5. The molecule has 0 aliphatic carbocycles. The summed E-state index contributed by atoms with van der Waals surface area (Å²) in [6.07, 6.45) is 2.79. The van der Waals surface area contributed by atoms with Crippen molar-refractivity contribution in [2.45, 2.75) is 19.3 Å². The van der Waals surface area contributed by atoms with Crippen LogP contribution in [-0.4, -0.2) is 60.9 Å². The first kappa shape index (κ1) is 18.8. The lowest BCUT2D eigenvalue weighted by atomic mass is 9.78. The Balaban J connectivity index is 1.46. The molecule has 0 N–H and O–H groups in total. The smallest absolute Gasteiger partial charge is 0.230 e. The number of aromatic nitrogens is 2. The van der Waals surface area contributed by atoms with E-state index in [1.54, 1.807) is 19.2 Å². The predicted octanol–water partition coefficient (Wildman–Crippen LogP) is 2.75. The Labute approximate surface area is 164 Å². The van der Waals surface area contributed by atoms with E-state index < -0.39 is 0 Å². The van der Waals surface area contributed by atoms with E-state index in [0.29, 0.717) is 25.4 Å². The van der Waals surface area contributed by atoms with E-state index in [9.17, 15) is 9.18 Å². The third-order valence-electron chi connectivity index (χ3n) is 5.86. The molecular weight excluding hydrogens is 359 g/mol. The molecule has 0 radical (unpaired) electrons. The van der Waals surface area contributed by atoms with Crippen LogP contribution in [0.25, 0.3) is 11.3 Å². The van der Waals surface area contributed by atoms with Gasteiger partial charge in [-0.3, -0.25) is 4.79 Å². The van der Waals surface area contributed by atoms with Crippen molar-refractivity contribution < 1.29 is 13.9 Å². The third-order valence-corrected chi connectivity index (χ3v) is 5.86. The van der Waals surface area contributed by atoms with Gasteiger partial charge in [0, 0.05) is 38.9 Å². The molecule has 2 saturated heterocycles. The van der Waals surface area contributed by atoms with Crippen LogP contribution in [0.4, 0.5) is 10.2 Å². The van der Waals surface area contributed by atoms with Gasteiger partial charge in [0.05, 0.1) is 17.7 Å². The molecule has 4 rings (SSSR count). The highest BCUT2D eigenvalue weighted by atomic mass is 19.1. The average Bonchev–Trinajstić information content (AvgIpc) is 3.15. The van der Waals surface area contributed by atoms with Crippen molar-refractivity contribution in [3.8, 4) is 11.3 Å². The molecule has 1 spiro atoms. The van der Waals surface area contributed by atoms with Crippen molar-refractivity contribution in [2.75, 3.05) is 44.8 Å². The highest BCUT2D eigenvalue weighted by Gasteiger charge is 2.48. The van der Waals surface area contributed by atoms with Gasteiger partial charge in [-0.2, -0.15) is 0 Å². The Kier molecular flexibility index (Phi) is 5.26. The van der Waals surface area contributed by atoms with Crippen LogP contribution in [0, 0.1) is 11.2 Å². The molecule has 0 saturated carbocycles. The molecule has 6 nitrogen and oxygen atoms in total. The van der Waals surface area contributed by atoms with E-state index in [0.717, 1.165) is 43.7 Å². The fourth-order valence-corrected chi connectivity index (χ4v) is 4.28. The maximum atomic E-state index is 13.1. The highest BCUT2D eigenvalue weighted by molar-refractivity contribution is 5.85. The number of amides is 1. The standard InChI is InChI=1S/C21H25FN4O2/c1-28-14-13-25-11-2-9-21(20(25)27)10-12-26(15-21)19-8-7-18(23-24-19)16-3-5-17(22)6-4-16/h3-8H,2,9-15H2,1H3. The Hall–Kier alpha value is -2.54. The van der Waals surface area contributed by atoms with E-state index in [-0.39, 0.29) is 17.1 Å². The van der Waals surface area contributed by atoms with Gasteiger partial charge in [-0.15, -0.1) is 10.2 Å². The monoisotopic (exact) mass is 384 g/mol. The van der Waals surface area contributed by atoms with Gasteiger partial charge in [0.25, 0.3) is 0 Å². The van der Waals surface area contributed by atoms with Crippen LogP contribution < -0.4 is 4.90 Å². The fraction of sp³-hybridized carbons (Fsp3) is 0.476. The number of benzene rings is 1. The van der Waals surface area contributed by atoms with E-state index in [4.69, 9.17) is 4.74 Å². The molecule has 2 aliphatic heterocycles. The van der Waals surface area contributed by atoms with Gasteiger partial charge in [-0.25, -0.2) is 4.39 Å². The number of piperidine rings is 1. The van der Waals surface area contributed by atoms with E-state index in [1.165, 1.54) is 12.1 Å². The van der Waals surface area contributed by atoms with Crippen LogP contribution in [0.2, 0.25) is 0 Å². The number of anilines is 1. The maximum absolute atomic E-state index is 13.1. The van der Waals surface area contributed by atoms with Crippen molar-refractivity contribution in [1.29, 1.82) is 0 Å². The zero-order valence-electron chi connectivity index (χ0n) is 16.1. The number of carbonyl (C=O) groups excluding carboxylic acids is 1. The largest absolute Gasteiger partial charge is 0.383 e. The van der Waals surface area contributed by atoms with Crippen LogP contribution in [0.15, 0.2) is 36.4 Å².